The van der Waals surface area contributed by atoms with E-state index in [2.05, 4.69) is 45.2 Å². The summed E-state index contributed by atoms with van der Waals surface area (Å²) in [6.45, 7) is 9.50. The van der Waals surface area contributed by atoms with Crippen LogP contribution in [0.15, 0.2) is 12.2 Å². The van der Waals surface area contributed by atoms with Gasteiger partial charge in [-0.1, -0.05) is 143 Å². The van der Waals surface area contributed by atoms with Gasteiger partial charge in [-0.15, -0.1) is 0 Å². The molecule has 0 aliphatic heterocycles. The summed E-state index contributed by atoms with van der Waals surface area (Å²) < 4.78 is 6.16. The SMILES string of the molecule is CCCCCCCCCC/C=C\CCCCCCCCCCCCCC(=O)OC1CCC2(C)C(CCC3C2CCC2(C)C(C(C)CCC(=O)NCC(=O)O)CCC32)C1. The Labute approximate surface area is 357 Å². The maximum atomic E-state index is 12.9. The lowest BCUT2D eigenvalue weighted by atomic mass is 9.44. The summed E-state index contributed by atoms with van der Waals surface area (Å²) in [5.41, 5.74) is 0.709. The lowest BCUT2D eigenvalue weighted by molar-refractivity contribution is -0.162. The highest BCUT2D eigenvalue weighted by molar-refractivity contribution is 5.81. The first kappa shape index (κ1) is 48.8. The van der Waals surface area contributed by atoms with Crippen molar-refractivity contribution in [1.29, 1.82) is 0 Å². The molecule has 6 heteroatoms. The number of esters is 1. The third kappa shape index (κ3) is 15.6. The Morgan fingerprint density at radius 3 is 1.83 bits per heavy atom. The molecule has 6 nitrogen and oxygen atoms in total. The molecule has 0 saturated heterocycles. The Bertz CT molecular complexity index is 1220. The van der Waals surface area contributed by atoms with Gasteiger partial charge >= 0.3 is 11.9 Å². The number of ether oxygens (including phenoxy) is 1. The van der Waals surface area contributed by atoms with Gasteiger partial charge < -0.3 is 15.2 Å². The molecule has 9 unspecified atom stereocenters. The maximum absolute atomic E-state index is 12.9. The summed E-state index contributed by atoms with van der Waals surface area (Å²) in [7, 11) is 0. The smallest absolute Gasteiger partial charge is 0.322 e. The number of nitrogens with one attached hydrogen (secondary N) is 1. The van der Waals surface area contributed by atoms with Crippen LogP contribution in [0.2, 0.25) is 0 Å². The van der Waals surface area contributed by atoms with Crippen LogP contribution in [0.4, 0.5) is 0 Å². The van der Waals surface area contributed by atoms with Gasteiger partial charge in [-0.05, 0) is 143 Å². The van der Waals surface area contributed by atoms with E-state index in [9.17, 15) is 14.4 Å². The molecule has 0 radical (unpaired) electrons. The number of hydrogen-bond acceptors (Lipinski definition) is 4. The molecule has 0 aromatic carbocycles. The Balaban J connectivity index is 0.991. The van der Waals surface area contributed by atoms with Gasteiger partial charge in [0.25, 0.3) is 0 Å². The van der Waals surface area contributed by atoms with Gasteiger partial charge in [0.05, 0.1) is 0 Å². The van der Waals surface area contributed by atoms with Crippen LogP contribution in [-0.4, -0.2) is 35.6 Å². The van der Waals surface area contributed by atoms with E-state index in [1.807, 2.05) is 0 Å². The van der Waals surface area contributed by atoms with E-state index in [-0.39, 0.29) is 24.5 Å². The van der Waals surface area contributed by atoms with Gasteiger partial charge in [-0.2, -0.15) is 0 Å². The average Bonchev–Trinajstić information content (AvgIpc) is 3.57. The van der Waals surface area contributed by atoms with Crippen molar-refractivity contribution in [2.24, 2.45) is 46.3 Å². The van der Waals surface area contributed by atoms with Crippen molar-refractivity contribution in [1.82, 2.24) is 5.32 Å². The Morgan fingerprint density at radius 2 is 1.22 bits per heavy atom. The van der Waals surface area contributed by atoms with Crippen LogP contribution in [-0.2, 0) is 19.1 Å². The van der Waals surface area contributed by atoms with Crippen LogP contribution in [0, 0.1) is 46.3 Å². The quantitative estimate of drug-likeness (QED) is 0.0428. The van der Waals surface area contributed by atoms with E-state index >= 15 is 0 Å². The van der Waals surface area contributed by atoms with Crippen molar-refractivity contribution in [2.75, 3.05) is 6.54 Å². The van der Waals surface area contributed by atoms with Crippen molar-refractivity contribution in [3.8, 4) is 0 Å². The zero-order chi connectivity index (χ0) is 41.6. The summed E-state index contributed by atoms with van der Waals surface area (Å²) in [6, 6.07) is 0. The number of rotatable bonds is 30. The fourth-order valence-corrected chi connectivity index (χ4v) is 13.1. The first-order valence-corrected chi connectivity index (χ1v) is 25.4. The first-order valence-electron chi connectivity index (χ1n) is 25.4. The summed E-state index contributed by atoms with van der Waals surface area (Å²) >= 11 is 0. The highest BCUT2D eigenvalue weighted by atomic mass is 16.5. The van der Waals surface area contributed by atoms with Crippen LogP contribution in [0.5, 0.6) is 0 Å². The molecule has 9 atom stereocenters. The number of hydrogen-bond donors (Lipinski definition) is 2. The number of allylic oxidation sites excluding steroid dienone is 2. The number of aliphatic carboxylic acids is 1. The van der Waals surface area contributed by atoms with Crippen LogP contribution in [0.1, 0.15) is 240 Å². The number of fused-ring (bicyclic) bond motifs is 5. The van der Waals surface area contributed by atoms with Crippen LogP contribution in [0.3, 0.4) is 0 Å². The van der Waals surface area contributed by atoms with Crippen molar-refractivity contribution in [3.63, 3.8) is 0 Å². The van der Waals surface area contributed by atoms with Gasteiger partial charge in [0.1, 0.15) is 12.6 Å². The average molecular weight is 810 g/mol. The van der Waals surface area contributed by atoms with Crippen molar-refractivity contribution < 1.29 is 24.2 Å². The molecular weight excluding hydrogens is 719 g/mol. The van der Waals surface area contributed by atoms with Gasteiger partial charge in [0.2, 0.25) is 5.91 Å². The van der Waals surface area contributed by atoms with Gasteiger partial charge in [-0.3, -0.25) is 14.4 Å². The van der Waals surface area contributed by atoms with E-state index in [1.165, 1.54) is 167 Å². The van der Waals surface area contributed by atoms with E-state index in [1.54, 1.807) is 0 Å². The number of unbranched alkanes of at least 4 members (excludes halogenated alkanes) is 19. The number of carbonyl (C=O) groups is 3. The van der Waals surface area contributed by atoms with E-state index in [0.29, 0.717) is 41.4 Å². The minimum Gasteiger partial charge on any atom is -0.480 e. The molecule has 4 rings (SSSR count). The lowest BCUT2D eigenvalue weighted by Gasteiger charge is -2.61. The Kier molecular flexibility index (Phi) is 22.3. The molecule has 4 aliphatic rings. The first-order chi connectivity index (χ1) is 28.1. The van der Waals surface area contributed by atoms with E-state index < -0.39 is 5.97 Å². The van der Waals surface area contributed by atoms with Crippen LogP contribution in [0.25, 0.3) is 0 Å². The standard InChI is InChI=1S/C52H91NO5/c1-5-6-7-8-9-10-11-12-13-14-15-16-17-18-19-20-21-22-23-24-25-26-27-28-50(57)58-43-35-37-51(3)42(39-43)30-31-44-46-33-32-45(52(46,4)38-36-47(44)51)41(2)29-34-48(54)53-40-49(55)56/h14-15,41-47H,5-13,16-40H2,1-4H3,(H,53,54)(H,55,56)/b15-14-. The minimum atomic E-state index is -0.988. The molecule has 58 heavy (non-hydrogen) atoms. The normalized spacial score (nSPS) is 29.7. The van der Waals surface area contributed by atoms with E-state index in [0.717, 1.165) is 49.9 Å². The zero-order valence-corrected chi connectivity index (χ0v) is 38.3. The van der Waals surface area contributed by atoms with Crippen molar-refractivity contribution in [2.45, 2.75) is 246 Å². The zero-order valence-electron chi connectivity index (χ0n) is 38.3. The Morgan fingerprint density at radius 1 is 0.672 bits per heavy atom. The monoisotopic (exact) mass is 810 g/mol. The summed E-state index contributed by atoms with van der Waals surface area (Å²) in [4.78, 5) is 36.0. The highest BCUT2D eigenvalue weighted by Crippen LogP contribution is 2.68. The molecular formula is C52H91NO5. The highest BCUT2D eigenvalue weighted by Gasteiger charge is 2.60. The number of carboxylic acids is 1. The fraction of sp³-hybridized carbons (Fsp3) is 0.904. The molecule has 2 N–H and O–H groups in total. The second-order valence-corrected chi connectivity index (χ2v) is 20.6. The molecule has 0 spiro atoms. The predicted octanol–water partition coefficient (Wildman–Crippen LogP) is 14.3. The lowest BCUT2D eigenvalue weighted by Crippen LogP contribution is -2.54. The molecule has 0 aromatic rings. The second-order valence-electron chi connectivity index (χ2n) is 20.6. The molecule has 0 heterocycles. The van der Waals surface area contributed by atoms with Gasteiger partial charge in [-0.25, -0.2) is 0 Å². The molecule has 4 fully saturated rings. The molecule has 4 aliphatic carbocycles. The molecule has 1 amide bonds. The maximum Gasteiger partial charge on any atom is 0.322 e. The largest absolute Gasteiger partial charge is 0.480 e. The third-order valence-corrected chi connectivity index (χ3v) is 16.6. The number of amides is 1. The summed E-state index contributed by atoms with van der Waals surface area (Å²) in [6.07, 6.45) is 46.0. The van der Waals surface area contributed by atoms with Crippen molar-refractivity contribution >= 4 is 17.8 Å². The number of carboxylic acid groups (broad SMARTS) is 1. The van der Waals surface area contributed by atoms with Crippen molar-refractivity contribution in [3.05, 3.63) is 12.2 Å². The van der Waals surface area contributed by atoms with Gasteiger partial charge in [0.15, 0.2) is 0 Å². The number of carbonyl (C=O) groups excluding carboxylic acids is 2. The fourth-order valence-electron chi connectivity index (χ4n) is 13.1. The molecule has 0 bridgehead atoms. The Hall–Kier alpha value is -1.85. The third-order valence-electron chi connectivity index (χ3n) is 16.6. The molecule has 0 aromatic heterocycles. The van der Waals surface area contributed by atoms with E-state index in [4.69, 9.17) is 9.84 Å². The molecule has 334 valence electrons. The second kappa shape index (κ2) is 26.5. The van der Waals surface area contributed by atoms with Crippen LogP contribution >= 0.6 is 0 Å². The summed E-state index contributed by atoms with van der Waals surface area (Å²) in [5, 5.41) is 11.4. The summed E-state index contributed by atoms with van der Waals surface area (Å²) in [5.74, 6) is 3.05. The van der Waals surface area contributed by atoms with Crippen LogP contribution < -0.4 is 5.32 Å². The van der Waals surface area contributed by atoms with Gasteiger partial charge in [0, 0.05) is 12.8 Å². The topological polar surface area (TPSA) is 92.7 Å². The molecule has 4 saturated carbocycles. The predicted molar refractivity (Wildman–Crippen MR) is 241 cm³/mol. The minimum absolute atomic E-state index is 0.0418.